The van der Waals surface area contributed by atoms with Gasteiger partial charge in [-0.25, -0.2) is 0 Å². The first-order valence-corrected chi connectivity index (χ1v) is 6.36. The minimum Gasteiger partial charge on any atom is -0.368 e. The number of nitrogens with zero attached hydrogens (tertiary/aromatic N) is 1. The molecule has 0 spiro atoms. The minimum atomic E-state index is 0.424. The second-order valence-electron chi connectivity index (χ2n) is 5.30. The second-order valence-corrected chi connectivity index (χ2v) is 5.30. The molecule has 2 heteroatoms. The number of nitrogens with two attached hydrogens (primary N) is 1. The Kier molecular flexibility index (Phi) is 2.40. The van der Waals surface area contributed by atoms with Crippen molar-refractivity contribution in [2.75, 3.05) is 11.4 Å². The van der Waals surface area contributed by atoms with Crippen molar-refractivity contribution in [3.8, 4) is 0 Å². The van der Waals surface area contributed by atoms with Crippen molar-refractivity contribution in [3.63, 3.8) is 0 Å². The van der Waals surface area contributed by atoms with E-state index in [1.165, 1.54) is 36.1 Å². The maximum absolute atomic E-state index is 6.06. The molecule has 2 atom stereocenters. The molecule has 0 aromatic heterocycles. The number of piperidine rings is 1. The van der Waals surface area contributed by atoms with Crippen molar-refractivity contribution in [1.29, 1.82) is 0 Å². The second kappa shape index (κ2) is 3.77. The topological polar surface area (TPSA) is 29.3 Å². The lowest BCUT2D eigenvalue weighted by Gasteiger charge is -2.44. The molecule has 2 aliphatic rings. The van der Waals surface area contributed by atoms with Crippen molar-refractivity contribution in [3.05, 3.63) is 29.3 Å². The monoisotopic (exact) mass is 216 g/mol. The molecule has 2 N–H and O–H groups in total. The summed E-state index contributed by atoms with van der Waals surface area (Å²) in [6, 6.07) is 8.00. The normalized spacial score (nSPS) is 28.5. The van der Waals surface area contributed by atoms with Crippen LogP contribution in [0.4, 0.5) is 5.69 Å². The fraction of sp³-hybridized carbons (Fsp3) is 0.571. The highest BCUT2D eigenvalue weighted by Gasteiger charge is 2.30. The van der Waals surface area contributed by atoms with Crippen molar-refractivity contribution in [2.45, 2.75) is 44.7 Å². The Morgan fingerprint density at radius 2 is 2.19 bits per heavy atom. The molecule has 16 heavy (non-hydrogen) atoms. The molecule has 1 aromatic carbocycles. The van der Waals surface area contributed by atoms with Crippen LogP contribution in [0, 0.1) is 6.92 Å². The van der Waals surface area contributed by atoms with Crippen LogP contribution < -0.4 is 10.6 Å². The summed E-state index contributed by atoms with van der Waals surface area (Å²) in [5.74, 6) is 0. The molecule has 3 rings (SSSR count). The molecule has 86 valence electrons. The predicted octanol–water partition coefficient (Wildman–Crippen LogP) is 2.24. The van der Waals surface area contributed by atoms with E-state index in [9.17, 15) is 0 Å². The van der Waals surface area contributed by atoms with Crippen molar-refractivity contribution >= 4 is 5.69 Å². The summed E-state index contributed by atoms with van der Waals surface area (Å²) in [7, 11) is 0. The molecular formula is C14H20N2. The van der Waals surface area contributed by atoms with Gasteiger partial charge < -0.3 is 10.6 Å². The van der Waals surface area contributed by atoms with Crippen molar-refractivity contribution in [2.24, 2.45) is 5.73 Å². The molecule has 2 heterocycles. The largest absolute Gasteiger partial charge is 0.368 e. The van der Waals surface area contributed by atoms with E-state index in [1.807, 2.05) is 0 Å². The lowest BCUT2D eigenvalue weighted by atomic mass is 9.87. The van der Waals surface area contributed by atoms with E-state index >= 15 is 0 Å². The van der Waals surface area contributed by atoms with E-state index in [0.29, 0.717) is 12.1 Å². The van der Waals surface area contributed by atoms with Gasteiger partial charge in [0.15, 0.2) is 0 Å². The third-order valence-corrected chi connectivity index (χ3v) is 4.05. The molecule has 2 aliphatic heterocycles. The fourth-order valence-corrected chi connectivity index (χ4v) is 3.19. The first kappa shape index (κ1) is 10.2. The Labute approximate surface area is 97.4 Å². The van der Waals surface area contributed by atoms with Gasteiger partial charge in [-0.3, -0.25) is 0 Å². The summed E-state index contributed by atoms with van der Waals surface area (Å²) in [6.45, 7) is 3.32. The van der Waals surface area contributed by atoms with Gasteiger partial charge in [0.1, 0.15) is 0 Å². The van der Waals surface area contributed by atoms with E-state index in [0.717, 1.165) is 13.0 Å². The highest BCUT2D eigenvalue weighted by molar-refractivity contribution is 5.58. The predicted molar refractivity (Wildman–Crippen MR) is 67.8 cm³/mol. The van der Waals surface area contributed by atoms with Crippen molar-refractivity contribution < 1.29 is 0 Å². The maximum atomic E-state index is 6.06. The van der Waals surface area contributed by atoms with Crippen molar-refractivity contribution in [1.82, 2.24) is 0 Å². The molecular weight excluding hydrogens is 196 g/mol. The van der Waals surface area contributed by atoms with Gasteiger partial charge in [-0.1, -0.05) is 17.7 Å². The average molecular weight is 216 g/mol. The number of hydrogen-bond donors (Lipinski definition) is 1. The molecule has 0 saturated carbocycles. The first-order chi connectivity index (χ1) is 7.74. The number of hydrogen-bond acceptors (Lipinski definition) is 2. The molecule has 0 aliphatic carbocycles. The SMILES string of the molecule is Cc1ccc2c(c1)CCC1CC(N)CCN21. The van der Waals surface area contributed by atoms with Gasteiger partial charge in [0.2, 0.25) is 0 Å². The van der Waals surface area contributed by atoms with Gasteiger partial charge in [0, 0.05) is 24.3 Å². The van der Waals surface area contributed by atoms with E-state index in [1.54, 1.807) is 0 Å². The summed E-state index contributed by atoms with van der Waals surface area (Å²) in [5.41, 5.74) is 10.4. The number of fused-ring (bicyclic) bond motifs is 3. The molecule has 0 amide bonds. The molecule has 1 aromatic rings. The smallest absolute Gasteiger partial charge is 0.0401 e. The zero-order valence-electron chi connectivity index (χ0n) is 9.95. The van der Waals surface area contributed by atoms with Gasteiger partial charge in [-0.15, -0.1) is 0 Å². The number of rotatable bonds is 0. The quantitative estimate of drug-likeness (QED) is 0.720. The van der Waals surface area contributed by atoms with E-state index < -0.39 is 0 Å². The van der Waals surface area contributed by atoms with Gasteiger partial charge in [-0.05, 0) is 44.2 Å². The highest BCUT2D eigenvalue weighted by Crippen LogP contribution is 2.35. The van der Waals surface area contributed by atoms with Gasteiger partial charge in [0.05, 0.1) is 0 Å². The van der Waals surface area contributed by atoms with Crippen LogP contribution in [0.15, 0.2) is 18.2 Å². The average Bonchev–Trinajstić information content (AvgIpc) is 2.28. The first-order valence-electron chi connectivity index (χ1n) is 6.36. The molecule has 1 fully saturated rings. The van der Waals surface area contributed by atoms with Crippen LogP contribution in [-0.2, 0) is 6.42 Å². The number of anilines is 1. The standard InChI is InChI=1S/C14H20N2/c1-10-2-5-14-11(8-10)3-4-13-9-12(15)6-7-16(13)14/h2,5,8,12-13H,3-4,6-7,9,15H2,1H3. The van der Waals surface area contributed by atoms with Crippen LogP contribution in [0.5, 0.6) is 0 Å². The van der Waals surface area contributed by atoms with Gasteiger partial charge in [-0.2, -0.15) is 0 Å². The summed E-state index contributed by atoms with van der Waals surface area (Å²) in [6.07, 6.45) is 4.83. The summed E-state index contributed by atoms with van der Waals surface area (Å²) < 4.78 is 0. The van der Waals surface area contributed by atoms with Crippen LogP contribution in [0.3, 0.4) is 0 Å². The Balaban J connectivity index is 1.94. The van der Waals surface area contributed by atoms with Gasteiger partial charge in [0.25, 0.3) is 0 Å². The van der Waals surface area contributed by atoms with Crippen LogP contribution in [-0.4, -0.2) is 18.6 Å². The van der Waals surface area contributed by atoms with E-state index in [4.69, 9.17) is 5.73 Å². The molecule has 0 radical (unpaired) electrons. The summed E-state index contributed by atoms with van der Waals surface area (Å²) >= 11 is 0. The Morgan fingerprint density at radius 3 is 3.06 bits per heavy atom. The molecule has 2 nitrogen and oxygen atoms in total. The van der Waals surface area contributed by atoms with Gasteiger partial charge >= 0.3 is 0 Å². The van der Waals surface area contributed by atoms with E-state index in [2.05, 4.69) is 30.0 Å². The van der Waals surface area contributed by atoms with Crippen LogP contribution in [0.25, 0.3) is 0 Å². The number of aryl methyl sites for hydroxylation is 2. The summed E-state index contributed by atoms with van der Waals surface area (Å²) in [4.78, 5) is 2.58. The fourth-order valence-electron chi connectivity index (χ4n) is 3.19. The zero-order chi connectivity index (χ0) is 11.1. The minimum absolute atomic E-state index is 0.424. The molecule has 2 unspecified atom stereocenters. The highest BCUT2D eigenvalue weighted by atomic mass is 15.2. The lowest BCUT2D eigenvalue weighted by molar-refractivity contribution is 0.384. The lowest BCUT2D eigenvalue weighted by Crippen LogP contribution is -2.49. The Bertz CT molecular complexity index is 400. The number of benzene rings is 1. The zero-order valence-corrected chi connectivity index (χ0v) is 9.95. The molecule has 0 bridgehead atoms. The van der Waals surface area contributed by atoms with Crippen LogP contribution in [0.2, 0.25) is 0 Å². The Hall–Kier alpha value is -1.02. The third-order valence-electron chi connectivity index (χ3n) is 4.05. The summed E-state index contributed by atoms with van der Waals surface area (Å²) in [5, 5.41) is 0. The van der Waals surface area contributed by atoms with Crippen LogP contribution >= 0.6 is 0 Å². The van der Waals surface area contributed by atoms with Crippen LogP contribution in [0.1, 0.15) is 30.4 Å². The maximum Gasteiger partial charge on any atom is 0.0401 e. The third kappa shape index (κ3) is 1.61. The molecule has 1 saturated heterocycles. The van der Waals surface area contributed by atoms with E-state index in [-0.39, 0.29) is 0 Å². The Morgan fingerprint density at radius 1 is 1.31 bits per heavy atom.